The highest BCUT2D eigenvalue weighted by Gasteiger charge is 2.19. The van der Waals surface area contributed by atoms with Crippen molar-refractivity contribution in [2.24, 2.45) is 0 Å². The predicted molar refractivity (Wildman–Crippen MR) is 62.0 cm³/mol. The number of aromatic amines is 1. The second kappa shape index (κ2) is 3.97. The monoisotopic (exact) mass is 207 g/mol. The first-order valence-electron chi connectivity index (χ1n) is 5.84. The highest BCUT2D eigenvalue weighted by Crippen LogP contribution is 2.21. The Bertz CT molecular complexity index is 316. The van der Waals surface area contributed by atoms with Crippen molar-refractivity contribution < 1.29 is 0 Å². The Hall–Kier alpha value is -0.830. The van der Waals surface area contributed by atoms with E-state index in [2.05, 4.69) is 42.4 Å². The maximum Gasteiger partial charge on any atom is 0.0678 e. The summed E-state index contributed by atoms with van der Waals surface area (Å²) in [6.45, 7) is 7.76. The van der Waals surface area contributed by atoms with Gasteiger partial charge in [0.2, 0.25) is 0 Å². The topological polar surface area (TPSA) is 40.7 Å². The molecule has 0 radical (unpaired) electrons. The van der Waals surface area contributed by atoms with Gasteiger partial charge in [-0.05, 0) is 25.5 Å². The maximum atomic E-state index is 4.38. The summed E-state index contributed by atoms with van der Waals surface area (Å²) in [5, 5.41) is 11.0. The fourth-order valence-corrected chi connectivity index (χ4v) is 2.05. The molecule has 2 heterocycles. The third-order valence-electron chi connectivity index (χ3n) is 3.03. The summed E-state index contributed by atoms with van der Waals surface area (Å²) in [6.07, 6.45) is 3.69. The summed E-state index contributed by atoms with van der Waals surface area (Å²) in [7, 11) is 0. The normalized spacial score (nSPS) is 22.2. The van der Waals surface area contributed by atoms with Crippen LogP contribution in [0.2, 0.25) is 0 Å². The van der Waals surface area contributed by atoms with Crippen molar-refractivity contribution in [3.05, 3.63) is 17.5 Å². The molecule has 2 N–H and O–H groups in total. The fourth-order valence-electron chi connectivity index (χ4n) is 2.05. The zero-order valence-corrected chi connectivity index (χ0v) is 9.93. The minimum absolute atomic E-state index is 0.151. The van der Waals surface area contributed by atoms with Crippen molar-refractivity contribution >= 4 is 0 Å². The standard InChI is InChI=1S/C12H21N3/c1-12(2,3)11-8-10(14-15-11)7-9-5-4-6-13-9/h8-9,13H,4-7H2,1-3H3,(H,14,15). The zero-order chi connectivity index (χ0) is 10.9. The number of nitrogens with zero attached hydrogens (tertiary/aromatic N) is 1. The second-order valence-electron chi connectivity index (χ2n) is 5.53. The van der Waals surface area contributed by atoms with Gasteiger partial charge in [0.15, 0.2) is 0 Å². The largest absolute Gasteiger partial charge is 0.314 e. The molecule has 15 heavy (non-hydrogen) atoms. The van der Waals surface area contributed by atoms with Crippen LogP contribution in [-0.4, -0.2) is 22.8 Å². The predicted octanol–water partition coefficient (Wildman–Crippen LogP) is 2.00. The average molecular weight is 207 g/mol. The molecule has 1 aromatic rings. The summed E-state index contributed by atoms with van der Waals surface area (Å²) < 4.78 is 0. The lowest BCUT2D eigenvalue weighted by atomic mass is 9.92. The van der Waals surface area contributed by atoms with E-state index in [9.17, 15) is 0 Å². The molecular formula is C12H21N3. The van der Waals surface area contributed by atoms with Gasteiger partial charge in [-0.15, -0.1) is 0 Å². The van der Waals surface area contributed by atoms with Crippen LogP contribution < -0.4 is 5.32 Å². The Morgan fingerprint density at radius 1 is 1.47 bits per heavy atom. The van der Waals surface area contributed by atoms with Gasteiger partial charge in [-0.25, -0.2) is 0 Å². The first-order chi connectivity index (χ1) is 7.05. The van der Waals surface area contributed by atoms with Crippen LogP contribution in [-0.2, 0) is 11.8 Å². The van der Waals surface area contributed by atoms with Crippen molar-refractivity contribution in [3.8, 4) is 0 Å². The SMILES string of the molecule is CC(C)(C)c1cc(CC2CCCN2)[nH]n1. The number of hydrogen-bond donors (Lipinski definition) is 2. The first-order valence-corrected chi connectivity index (χ1v) is 5.84. The smallest absolute Gasteiger partial charge is 0.0678 e. The van der Waals surface area contributed by atoms with Crippen molar-refractivity contribution in [1.29, 1.82) is 0 Å². The van der Waals surface area contributed by atoms with Crippen LogP contribution in [0.1, 0.15) is 45.0 Å². The van der Waals surface area contributed by atoms with Crippen LogP contribution in [0.25, 0.3) is 0 Å². The van der Waals surface area contributed by atoms with Crippen LogP contribution in [0.4, 0.5) is 0 Å². The maximum absolute atomic E-state index is 4.38. The molecule has 2 rings (SSSR count). The van der Waals surface area contributed by atoms with E-state index in [0.717, 1.165) is 12.1 Å². The molecule has 1 unspecified atom stereocenters. The molecule has 84 valence electrons. The van der Waals surface area contributed by atoms with Crippen LogP contribution in [0, 0.1) is 0 Å². The van der Waals surface area contributed by atoms with E-state index in [1.165, 1.54) is 25.1 Å². The molecule has 1 aliphatic rings. The third-order valence-corrected chi connectivity index (χ3v) is 3.03. The highest BCUT2D eigenvalue weighted by atomic mass is 15.1. The minimum atomic E-state index is 0.151. The Balaban J connectivity index is 2.00. The molecule has 1 atom stereocenters. The second-order valence-corrected chi connectivity index (χ2v) is 5.53. The summed E-state index contributed by atoms with van der Waals surface area (Å²) in [4.78, 5) is 0. The molecule has 0 saturated carbocycles. The lowest BCUT2D eigenvalue weighted by molar-refractivity contribution is 0.566. The van der Waals surface area contributed by atoms with Gasteiger partial charge < -0.3 is 5.32 Å². The quantitative estimate of drug-likeness (QED) is 0.778. The summed E-state index contributed by atoms with van der Waals surface area (Å²) in [5.41, 5.74) is 2.58. The average Bonchev–Trinajstić information content (AvgIpc) is 2.73. The number of nitrogens with one attached hydrogen (secondary N) is 2. The van der Waals surface area contributed by atoms with Crippen molar-refractivity contribution in [3.63, 3.8) is 0 Å². The van der Waals surface area contributed by atoms with E-state index in [4.69, 9.17) is 0 Å². The molecule has 0 aromatic carbocycles. The molecular weight excluding hydrogens is 186 g/mol. The van der Waals surface area contributed by atoms with E-state index < -0.39 is 0 Å². The highest BCUT2D eigenvalue weighted by molar-refractivity contribution is 5.17. The van der Waals surface area contributed by atoms with Crippen molar-refractivity contribution in [1.82, 2.24) is 15.5 Å². The Labute approximate surface area is 91.7 Å². The van der Waals surface area contributed by atoms with Gasteiger partial charge in [0.25, 0.3) is 0 Å². The number of H-pyrrole nitrogens is 1. The molecule has 0 aliphatic carbocycles. The lowest BCUT2D eigenvalue weighted by Crippen LogP contribution is -2.23. The summed E-state index contributed by atoms with van der Waals surface area (Å²) in [5.74, 6) is 0. The molecule has 0 spiro atoms. The third kappa shape index (κ3) is 2.59. The van der Waals surface area contributed by atoms with Crippen LogP contribution in [0.5, 0.6) is 0 Å². The molecule has 3 nitrogen and oxygen atoms in total. The van der Waals surface area contributed by atoms with Crippen LogP contribution in [0.3, 0.4) is 0 Å². The molecule has 0 bridgehead atoms. The Kier molecular flexibility index (Phi) is 2.83. The molecule has 1 aromatic heterocycles. The van der Waals surface area contributed by atoms with E-state index in [-0.39, 0.29) is 5.41 Å². The molecule has 1 aliphatic heterocycles. The Morgan fingerprint density at radius 3 is 2.80 bits per heavy atom. The number of aromatic nitrogens is 2. The minimum Gasteiger partial charge on any atom is -0.314 e. The number of hydrogen-bond acceptors (Lipinski definition) is 2. The van der Waals surface area contributed by atoms with E-state index in [1.54, 1.807) is 0 Å². The van der Waals surface area contributed by atoms with Gasteiger partial charge in [-0.3, -0.25) is 5.10 Å². The van der Waals surface area contributed by atoms with Gasteiger partial charge in [-0.2, -0.15) is 5.10 Å². The van der Waals surface area contributed by atoms with Gasteiger partial charge in [0.1, 0.15) is 0 Å². The van der Waals surface area contributed by atoms with E-state index >= 15 is 0 Å². The number of rotatable bonds is 2. The zero-order valence-electron chi connectivity index (χ0n) is 9.93. The van der Waals surface area contributed by atoms with Crippen molar-refractivity contribution in [2.75, 3.05) is 6.54 Å². The van der Waals surface area contributed by atoms with Gasteiger partial charge in [0.05, 0.1) is 5.69 Å². The Morgan fingerprint density at radius 2 is 2.27 bits per heavy atom. The molecule has 0 amide bonds. The summed E-state index contributed by atoms with van der Waals surface area (Å²) >= 11 is 0. The van der Waals surface area contributed by atoms with Gasteiger partial charge in [-0.1, -0.05) is 20.8 Å². The molecule has 3 heteroatoms. The molecule has 1 saturated heterocycles. The first kappa shape index (κ1) is 10.7. The van der Waals surface area contributed by atoms with Crippen LogP contribution in [0.15, 0.2) is 6.07 Å². The summed E-state index contributed by atoms with van der Waals surface area (Å²) in [6, 6.07) is 2.86. The van der Waals surface area contributed by atoms with E-state index in [1.807, 2.05) is 0 Å². The van der Waals surface area contributed by atoms with Crippen molar-refractivity contribution in [2.45, 2.75) is 51.5 Å². The van der Waals surface area contributed by atoms with Crippen LogP contribution >= 0.6 is 0 Å². The lowest BCUT2D eigenvalue weighted by Gasteiger charge is -2.13. The molecule has 1 fully saturated rings. The van der Waals surface area contributed by atoms with E-state index in [0.29, 0.717) is 6.04 Å². The van der Waals surface area contributed by atoms with Gasteiger partial charge >= 0.3 is 0 Å². The fraction of sp³-hybridized carbons (Fsp3) is 0.750. The van der Waals surface area contributed by atoms with Gasteiger partial charge in [0, 0.05) is 23.6 Å².